The van der Waals surface area contributed by atoms with E-state index in [1.165, 1.54) is 5.56 Å². The first-order chi connectivity index (χ1) is 12.6. The van der Waals surface area contributed by atoms with Crippen molar-refractivity contribution < 1.29 is 4.74 Å². The number of hydrogen-bond donors (Lipinski definition) is 0. The summed E-state index contributed by atoms with van der Waals surface area (Å²) in [5.41, 5.74) is 4.51. The van der Waals surface area contributed by atoms with Crippen LogP contribution >= 0.6 is 0 Å². The minimum Gasteiger partial charge on any atom is -0.497 e. The van der Waals surface area contributed by atoms with Crippen LogP contribution in [0.25, 0.3) is 16.8 Å². The van der Waals surface area contributed by atoms with Crippen molar-refractivity contribution in [3.05, 3.63) is 88.5 Å². The van der Waals surface area contributed by atoms with Gasteiger partial charge in [0.2, 0.25) is 0 Å². The molecule has 5 nitrogen and oxygen atoms in total. The number of rotatable bonds is 4. The summed E-state index contributed by atoms with van der Waals surface area (Å²) in [6.07, 6.45) is 3.60. The predicted molar refractivity (Wildman–Crippen MR) is 102 cm³/mol. The van der Waals surface area contributed by atoms with Crippen LogP contribution in [0.1, 0.15) is 11.1 Å². The van der Waals surface area contributed by atoms with Crippen molar-refractivity contribution in [1.82, 2.24) is 14.2 Å². The summed E-state index contributed by atoms with van der Waals surface area (Å²) in [6, 6.07) is 17.7. The number of methoxy groups -OCH3 is 1. The molecule has 0 saturated heterocycles. The number of nitrogens with zero attached hydrogens (tertiary/aromatic N) is 3. The Bertz CT molecular complexity index is 1110. The quantitative estimate of drug-likeness (QED) is 0.568. The van der Waals surface area contributed by atoms with Crippen LogP contribution in [0.4, 0.5) is 0 Å². The molecular weight excluding hydrogens is 326 g/mol. The standard InChI is InChI=1S/C21H19N3O2/c1-15-3-5-16(6-4-15)14-23-11-12-24-20(21(23)25)13-19(22-24)17-7-9-18(26-2)10-8-17/h3-13H,14H2,1-2H3. The number of benzene rings is 2. The number of fused-ring (bicyclic) bond motifs is 1. The average molecular weight is 345 g/mol. The van der Waals surface area contributed by atoms with E-state index in [2.05, 4.69) is 24.2 Å². The van der Waals surface area contributed by atoms with Gasteiger partial charge < -0.3 is 9.30 Å². The van der Waals surface area contributed by atoms with Crippen LogP contribution in [0.5, 0.6) is 5.75 Å². The maximum atomic E-state index is 12.8. The monoisotopic (exact) mass is 345 g/mol. The molecule has 0 aliphatic heterocycles. The highest BCUT2D eigenvalue weighted by molar-refractivity contribution is 5.66. The molecule has 130 valence electrons. The van der Waals surface area contributed by atoms with Gasteiger partial charge in [0.15, 0.2) is 0 Å². The van der Waals surface area contributed by atoms with Gasteiger partial charge in [0.1, 0.15) is 11.3 Å². The van der Waals surface area contributed by atoms with E-state index in [4.69, 9.17) is 4.74 Å². The van der Waals surface area contributed by atoms with Crippen LogP contribution in [0.3, 0.4) is 0 Å². The summed E-state index contributed by atoms with van der Waals surface area (Å²) in [5.74, 6) is 0.790. The molecular formula is C21H19N3O2. The van der Waals surface area contributed by atoms with E-state index in [1.807, 2.05) is 48.7 Å². The van der Waals surface area contributed by atoms with Gasteiger partial charge in [-0.1, -0.05) is 29.8 Å². The van der Waals surface area contributed by atoms with E-state index in [0.29, 0.717) is 12.1 Å². The van der Waals surface area contributed by atoms with Crippen LogP contribution in [0, 0.1) is 6.92 Å². The molecule has 0 radical (unpaired) electrons. The Kier molecular flexibility index (Phi) is 4.05. The highest BCUT2D eigenvalue weighted by atomic mass is 16.5. The second-order valence-electron chi connectivity index (χ2n) is 6.30. The van der Waals surface area contributed by atoms with Gasteiger partial charge in [-0.2, -0.15) is 5.10 Å². The van der Waals surface area contributed by atoms with Gasteiger partial charge in [0.05, 0.1) is 19.3 Å². The molecule has 2 aromatic carbocycles. The van der Waals surface area contributed by atoms with Gasteiger partial charge in [0.25, 0.3) is 5.56 Å². The molecule has 4 aromatic rings. The van der Waals surface area contributed by atoms with Crippen LogP contribution in [0.15, 0.2) is 71.8 Å². The summed E-state index contributed by atoms with van der Waals surface area (Å²) in [7, 11) is 1.64. The lowest BCUT2D eigenvalue weighted by Crippen LogP contribution is -2.21. The molecule has 26 heavy (non-hydrogen) atoms. The highest BCUT2D eigenvalue weighted by Crippen LogP contribution is 2.21. The molecule has 5 heteroatoms. The minimum atomic E-state index is -0.0552. The third-order valence-electron chi connectivity index (χ3n) is 4.46. The fraction of sp³-hybridized carbons (Fsp3) is 0.143. The van der Waals surface area contributed by atoms with E-state index in [1.54, 1.807) is 22.4 Å². The van der Waals surface area contributed by atoms with E-state index >= 15 is 0 Å². The van der Waals surface area contributed by atoms with E-state index < -0.39 is 0 Å². The van der Waals surface area contributed by atoms with Crippen molar-refractivity contribution in [2.24, 2.45) is 0 Å². The van der Waals surface area contributed by atoms with Crippen LogP contribution in [-0.4, -0.2) is 21.3 Å². The first-order valence-corrected chi connectivity index (χ1v) is 8.43. The zero-order valence-electron chi connectivity index (χ0n) is 14.7. The Morgan fingerprint density at radius 2 is 1.73 bits per heavy atom. The summed E-state index contributed by atoms with van der Waals surface area (Å²) in [4.78, 5) is 12.8. The van der Waals surface area contributed by atoms with E-state index in [-0.39, 0.29) is 5.56 Å². The highest BCUT2D eigenvalue weighted by Gasteiger charge is 2.09. The number of ether oxygens (including phenoxy) is 1. The molecule has 4 rings (SSSR count). The van der Waals surface area contributed by atoms with Crippen molar-refractivity contribution >= 4 is 5.52 Å². The molecule has 2 heterocycles. The molecule has 0 atom stereocenters. The van der Waals surface area contributed by atoms with Crippen molar-refractivity contribution in [2.45, 2.75) is 13.5 Å². The van der Waals surface area contributed by atoms with E-state index in [9.17, 15) is 4.79 Å². The first kappa shape index (κ1) is 16.1. The Balaban J connectivity index is 1.71. The Morgan fingerprint density at radius 1 is 1.00 bits per heavy atom. The summed E-state index contributed by atoms with van der Waals surface area (Å²) >= 11 is 0. The molecule has 2 aromatic heterocycles. The summed E-state index contributed by atoms with van der Waals surface area (Å²) in [5, 5.41) is 4.52. The fourth-order valence-corrected chi connectivity index (χ4v) is 2.94. The zero-order valence-corrected chi connectivity index (χ0v) is 14.7. The van der Waals surface area contributed by atoms with E-state index in [0.717, 1.165) is 22.6 Å². The molecule has 0 spiro atoms. The van der Waals surface area contributed by atoms with Crippen LogP contribution in [0.2, 0.25) is 0 Å². The molecule has 0 N–H and O–H groups in total. The van der Waals surface area contributed by atoms with Crippen LogP contribution in [-0.2, 0) is 6.54 Å². The lowest BCUT2D eigenvalue weighted by atomic mass is 10.1. The molecule has 0 aliphatic rings. The van der Waals surface area contributed by atoms with Gasteiger partial charge in [-0.05, 0) is 42.8 Å². The lowest BCUT2D eigenvalue weighted by Gasteiger charge is -2.06. The maximum Gasteiger partial charge on any atom is 0.276 e. The van der Waals surface area contributed by atoms with Crippen LogP contribution < -0.4 is 10.3 Å². The second-order valence-corrected chi connectivity index (χ2v) is 6.30. The van der Waals surface area contributed by atoms with Crippen molar-refractivity contribution in [3.8, 4) is 17.0 Å². The Morgan fingerprint density at radius 3 is 2.42 bits per heavy atom. The average Bonchev–Trinajstić information content (AvgIpc) is 3.11. The maximum absolute atomic E-state index is 12.8. The van der Waals surface area contributed by atoms with Gasteiger partial charge in [-0.15, -0.1) is 0 Å². The topological polar surface area (TPSA) is 48.5 Å². The SMILES string of the molecule is COc1ccc(-c2cc3c(=O)n(Cc4ccc(C)cc4)ccn3n2)cc1. The fourth-order valence-electron chi connectivity index (χ4n) is 2.94. The summed E-state index contributed by atoms with van der Waals surface area (Å²) < 4.78 is 8.52. The van der Waals surface area contributed by atoms with Gasteiger partial charge in [0, 0.05) is 18.0 Å². The Hall–Kier alpha value is -3.34. The smallest absolute Gasteiger partial charge is 0.276 e. The second kappa shape index (κ2) is 6.52. The number of aryl methyl sites for hydroxylation is 1. The van der Waals surface area contributed by atoms with Gasteiger partial charge >= 0.3 is 0 Å². The predicted octanol–water partition coefficient (Wildman–Crippen LogP) is 3.53. The van der Waals surface area contributed by atoms with Gasteiger partial charge in [-0.3, -0.25) is 4.79 Å². The summed E-state index contributed by atoms with van der Waals surface area (Å²) in [6.45, 7) is 2.59. The molecule has 0 unspecified atom stereocenters. The van der Waals surface area contributed by atoms with Gasteiger partial charge in [-0.25, -0.2) is 4.52 Å². The molecule has 0 fully saturated rings. The largest absolute Gasteiger partial charge is 0.497 e. The minimum absolute atomic E-state index is 0.0552. The lowest BCUT2D eigenvalue weighted by molar-refractivity contribution is 0.415. The third kappa shape index (κ3) is 2.99. The van der Waals surface area contributed by atoms with Crippen molar-refractivity contribution in [2.75, 3.05) is 7.11 Å². The molecule has 0 saturated carbocycles. The third-order valence-corrected chi connectivity index (χ3v) is 4.46. The molecule has 0 bridgehead atoms. The van der Waals surface area contributed by atoms with Crippen molar-refractivity contribution in [1.29, 1.82) is 0 Å². The van der Waals surface area contributed by atoms with Crippen molar-refractivity contribution in [3.63, 3.8) is 0 Å². The molecule has 0 aliphatic carbocycles. The number of aromatic nitrogens is 3. The number of hydrogen-bond acceptors (Lipinski definition) is 3. The Labute approximate surface area is 151 Å². The first-order valence-electron chi connectivity index (χ1n) is 8.43. The molecule has 0 amide bonds. The zero-order chi connectivity index (χ0) is 18.1. The normalized spacial score (nSPS) is 11.0.